The van der Waals surface area contributed by atoms with E-state index in [9.17, 15) is 9.90 Å². The minimum absolute atomic E-state index is 0.0853. The van der Waals surface area contributed by atoms with Gasteiger partial charge in [0.1, 0.15) is 5.76 Å². The van der Waals surface area contributed by atoms with Crippen LogP contribution in [0.1, 0.15) is 39.2 Å². The van der Waals surface area contributed by atoms with Crippen molar-refractivity contribution in [1.29, 1.82) is 0 Å². The Morgan fingerprint density at radius 3 is 2.48 bits per heavy atom. The Morgan fingerprint density at radius 1 is 1.09 bits per heavy atom. The first-order chi connectivity index (χ1) is 10.9. The number of carbonyl (C=O) groups excluding carboxylic acids is 1. The van der Waals surface area contributed by atoms with Gasteiger partial charge in [0, 0.05) is 16.6 Å². The molecule has 0 aliphatic heterocycles. The summed E-state index contributed by atoms with van der Waals surface area (Å²) >= 11 is 0. The summed E-state index contributed by atoms with van der Waals surface area (Å²) in [5, 5.41) is 13.1. The summed E-state index contributed by atoms with van der Waals surface area (Å²) < 4.78 is 0. The van der Waals surface area contributed by atoms with E-state index in [0.29, 0.717) is 5.57 Å². The third kappa shape index (κ3) is 1.67. The normalized spacial score (nSPS) is 30.9. The topological polar surface area (TPSA) is 37.3 Å². The lowest BCUT2D eigenvalue weighted by Crippen LogP contribution is -2.32. The molecule has 1 N–H and O–H groups in total. The Balaban J connectivity index is 1.97. The fourth-order valence-corrected chi connectivity index (χ4v) is 4.72. The number of aliphatic hydroxyl groups excluding tert-OH is 1. The van der Waals surface area contributed by atoms with Crippen LogP contribution in [0.5, 0.6) is 0 Å². The average Bonchev–Trinajstić information content (AvgIpc) is 2.86. The summed E-state index contributed by atoms with van der Waals surface area (Å²) in [4.78, 5) is 13.0. The smallest absolute Gasteiger partial charge is 0.169 e. The van der Waals surface area contributed by atoms with Crippen molar-refractivity contribution < 1.29 is 9.90 Å². The molecule has 2 nitrogen and oxygen atoms in total. The predicted molar refractivity (Wildman–Crippen MR) is 93.1 cm³/mol. The minimum Gasteiger partial charge on any atom is -0.507 e. The molecule has 2 aromatic rings. The summed E-state index contributed by atoms with van der Waals surface area (Å²) in [5.41, 5.74) is 1.00. The van der Waals surface area contributed by atoms with Crippen molar-refractivity contribution in [2.24, 2.45) is 16.7 Å². The molecule has 2 aliphatic carbocycles. The van der Waals surface area contributed by atoms with Gasteiger partial charge < -0.3 is 5.11 Å². The van der Waals surface area contributed by atoms with Gasteiger partial charge in [-0.1, -0.05) is 63.2 Å². The Bertz CT molecular complexity index is 854. The lowest BCUT2D eigenvalue weighted by Gasteiger charge is -2.31. The Labute approximate surface area is 136 Å². The fraction of sp³-hybridized carbons (Fsp3) is 0.381. The van der Waals surface area contributed by atoms with E-state index in [4.69, 9.17) is 0 Å². The zero-order valence-electron chi connectivity index (χ0n) is 13.9. The first-order valence-electron chi connectivity index (χ1n) is 8.34. The molecule has 2 atom stereocenters. The summed E-state index contributed by atoms with van der Waals surface area (Å²) in [6.45, 7) is 6.41. The van der Waals surface area contributed by atoms with Crippen LogP contribution in [0.2, 0.25) is 0 Å². The second-order valence-electron chi connectivity index (χ2n) is 7.76. The molecule has 2 heteroatoms. The number of rotatable bonds is 1. The highest BCUT2D eigenvalue weighted by Crippen LogP contribution is 2.66. The molecule has 0 radical (unpaired) electrons. The summed E-state index contributed by atoms with van der Waals surface area (Å²) in [5.74, 6) is 0.483. The quantitative estimate of drug-likeness (QED) is 0.585. The molecule has 2 fully saturated rings. The van der Waals surface area contributed by atoms with E-state index in [-0.39, 0.29) is 28.3 Å². The van der Waals surface area contributed by atoms with Gasteiger partial charge in [-0.15, -0.1) is 0 Å². The van der Waals surface area contributed by atoms with E-state index in [1.54, 1.807) is 0 Å². The molecule has 0 unspecified atom stereocenters. The van der Waals surface area contributed by atoms with Crippen LogP contribution in [0.4, 0.5) is 0 Å². The van der Waals surface area contributed by atoms with Crippen LogP contribution in [-0.4, -0.2) is 10.9 Å². The molecule has 2 aliphatic rings. The molecule has 2 aromatic carbocycles. The van der Waals surface area contributed by atoms with Gasteiger partial charge in [-0.2, -0.15) is 0 Å². The second kappa shape index (κ2) is 4.47. The lowest BCUT2D eigenvalue weighted by molar-refractivity contribution is -0.125. The molecule has 2 bridgehead atoms. The predicted octanol–water partition coefficient (Wildman–Crippen LogP) is 5.13. The molecule has 0 saturated heterocycles. The van der Waals surface area contributed by atoms with Crippen molar-refractivity contribution in [3.8, 4) is 0 Å². The SMILES string of the molecule is CC1(C)[C@H]2CC[C@]1(C)C(=O)C2=C(O)c1cccc2ccccc12. The van der Waals surface area contributed by atoms with Crippen LogP contribution < -0.4 is 0 Å². The lowest BCUT2D eigenvalue weighted by atomic mass is 9.70. The summed E-state index contributed by atoms with van der Waals surface area (Å²) in [6.07, 6.45) is 1.91. The molecular formula is C21H22O2. The maximum absolute atomic E-state index is 13.0. The first kappa shape index (κ1) is 14.5. The number of carbonyl (C=O) groups is 1. The number of hydrogen-bond acceptors (Lipinski definition) is 2. The maximum atomic E-state index is 13.0. The van der Waals surface area contributed by atoms with Crippen LogP contribution in [0.15, 0.2) is 48.0 Å². The number of Topliss-reactive ketones (excluding diaryl/α,β-unsaturated/α-hetero) is 1. The van der Waals surface area contributed by atoms with Crippen molar-refractivity contribution in [2.75, 3.05) is 0 Å². The van der Waals surface area contributed by atoms with E-state index in [1.165, 1.54) is 0 Å². The molecule has 118 valence electrons. The molecular weight excluding hydrogens is 284 g/mol. The third-order valence-corrected chi connectivity index (χ3v) is 6.62. The Morgan fingerprint density at radius 2 is 1.78 bits per heavy atom. The molecule has 0 aromatic heterocycles. The van der Waals surface area contributed by atoms with Crippen LogP contribution in [0, 0.1) is 16.7 Å². The highest BCUT2D eigenvalue weighted by molar-refractivity contribution is 6.10. The van der Waals surface area contributed by atoms with Gasteiger partial charge in [-0.3, -0.25) is 4.79 Å². The standard InChI is InChI=1S/C21H22O2/c1-20(2)16-11-12-21(20,3)19(23)17(16)18(22)15-10-6-8-13-7-4-5-9-14(13)15/h4-10,16,22H,11-12H2,1-3H3/t16-,21+/m0/s1. The van der Waals surface area contributed by atoms with Crippen molar-refractivity contribution in [3.63, 3.8) is 0 Å². The third-order valence-electron chi connectivity index (χ3n) is 6.62. The van der Waals surface area contributed by atoms with Crippen molar-refractivity contribution in [3.05, 3.63) is 53.6 Å². The summed E-state index contributed by atoms with van der Waals surface area (Å²) in [7, 11) is 0. The Kier molecular flexibility index (Phi) is 2.82. The highest BCUT2D eigenvalue weighted by Gasteiger charge is 2.65. The van der Waals surface area contributed by atoms with Crippen molar-refractivity contribution in [1.82, 2.24) is 0 Å². The first-order valence-corrected chi connectivity index (χ1v) is 8.34. The molecule has 23 heavy (non-hydrogen) atoms. The summed E-state index contributed by atoms with van der Waals surface area (Å²) in [6, 6.07) is 13.9. The van der Waals surface area contributed by atoms with Gasteiger partial charge in [-0.25, -0.2) is 0 Å². The molecule has 2 saturated carbocycles. The van der Waals surface area contributed by atoms with E-state index in [2.05, 4.69) is 20.8 Å². The Hall–Kier alpha value is -2.09. The van der Waals surface area contributed by atoms with Crippen LogP contribution in [-0.2, 0) is 4.79 Å². The number of allylic oxidation sites excluding steroid dienone is 1. The van der Waals surface area contributed by atoms with Crippen molar-refractivity contribution in [2.45, 2.75) is 33.6 Å². The van der Waals surface area contributed by atoms with Crippen LogP contribution in [0.25, 0.3) is 16.5 Å². The largest absolute Gasteiger partial charge is 0.507 e. The van der Waals surface area contributed by atoms with Gasteiger partial charge in [0.25, 0.3) is 0 Å². The minimum atomic E-state index is -0.342. The average molecular weight is 306 g/mol. The van der Waals surface area contributed by atoms with Crippen molar-refractivity contribution >= 4 is 22.3 Å². The van der Waals surface area contributed by atoms with Gasteiger partial charge >= 0.3 is 0 Å². The second-order valence-corrected chi connectivity index (χ2v) is 7.76. The van der Waals surface area contributed by atoms with E-state index in [0.717, 1.165) is 29.2 Å². The molecule has 0 heterocycles. The van der Waals surface area contributed by atoms with Gasteiger partial charge in [-0.05, 0) is 34.9 Å². The fourth-order valence-electron chi connectivity index (χ4n) is 4.72. The van der Waals surface area contributed by atoms with Crippen LogP contribution >= 0.6 is 0 Å². The highest BCUT2D eigenvalue weighted by atomic mass is 16.3. The van der Waals surface area contributed by atoms with E-state index in [1.807, 2.05) is 42.5 Å². The number of ketones is 1. The van der Waals surface area contributed by atoms with Gasteiger partial charge in [0.15, 0.2) is 5.78 Å². The number of hydrogen-bond donors (Lipinski definition) is 1. The maximum Gasteiger partial charge on any atom is 0.169 e. The number of benzene rings is 2. The van der Waals surface area contributed by atoms with Crippen LogP contribution in [0.3, 0.4) is 0 Å². The number of aliphatic hydroxyl groups is 1. The van der Waals surface area contributed by atoms with Gasteiger partial charge in [0.2, 0.25) is 0 Å². The molecule has 0 amide bonds. The zero-order chi connectivity index (χ0) is 16.4. The van der Waals surface area contributed by atoms with E-state index < -0.39 is 0 Å². The van der Waals surface area contributed by atoms with E-state index >= 15 is 0 Å². The molecule has 0 spiro atoms. The van der Waals surface area contributed by atoms with Gasteiger partial charge in [0.05, 0.1) is 0 Å². The zero-order valence-corrected chi connectivity index (χ0v) is 13.9. The molecule has 4 rings (SSSR count). The number of fused-ring (bicyclic) bond motifs is 3. The monoisotopic (exact) mass is 306 g/mol.